The Bertz CT molecular complexity index is 931. The van der Waals surface area contributed by atoms with Crippen LogP contribution in [0.5, 0.6) is 5.75 Å². The Hall–Kier alpha value is -2.88. The van der Waals surface area contributed by atoms with Crippen LogP contribution in [0.3, 0.4) is 0 Å². The molecule has 1 amide bonds. The summed E-state index contributed by atoms with van der Waals surface area (Å²) < 4.78 is 5.21. The second-order valence-electron chi connectivity index (χ2n) is 7.11. The van der Waals surface area contributed by atoms with E-state index in [9.17, 15) is 4.79 Å². The monoisotopic (exact) mass is 348 g/mol. The van der Waals surface area contributed by atoms with Crippen LogP contribution in [-0.4, -0.2) is 24.5 Å². The third-order valence-corrected chi connectivity index (χ3v) is 4.72. The lowest BCUT2D eigenvalue weighted by atomic mass is 9.84. The van der Waals surface area contributed by atoms with Crippen LogP contribution in [0.25, 0.3) is 10.9 Å². The summed E-state index contributed by atoms with van der Waals surface area (Å²) in [7, 11) is 1.65. The quantitative estimate of drug-likeness (QED) is 0.749. The fraction of sp³-hybridized carbons (Fsp3) is 0.273. The van der Waals surface area contributed by atoms with Gasteiger partial charge in [-0.3, -0.25) is 9.78 Å². The molecule has 2 aromatic carbocycles. The van der Waals surface area contributed by atoms with Gasteiger partial charge in [0.05, 0.1) is 23.9 Å². The number of carbonyl (C=O) groups excluding carboxylic acids is 1. The van der Waals surface area contributed by atoms with Crippen LogP contribution in [0.2, 0.25) is 0 Å². The molecule has 4 nitrogen and oxygen atoms in total. The van der Waals surface area contributed by atoms with Crippen molar-refractivity contribution < 1.29 is 9.53 Å². The molecule has 0 bridgehead atoms. The van der Waals surface area contributed by atoms with Gasteiger partial charge in [0.25, 0.3) is 5.91 Å². The fourth-order valence-electron chi connectivity index (χ4n) is 2.98. The molecule has 0 aliphatic rings. The van der Waals surface area contributed by atoms with Crippen molar-refractivity contribution >= 4 is 16.8 Å². The van der Waals surface area contributed by atoms with Gasteiger partial charge in [-0.2, -0.15) is 0 Å². The Morgan fingerprint density at radius 1 is 1.12 bits per heavy atom. The first-order chi connectivity index (χ1) is 12.4. The Kier molecular flexibility index (Phi) is 4.94. The highest BCUT2D eigenvalue weighted by atomic mass is 16.5. The number of methoxy groups -OCH3 is 1. The highest BCUT2D eigenvalue weighted by Gasteiger charge is 2.22. The molecule has 4 heteroatoms. The third-order valence-electron chi connectivity index (χ3n) is 4.72. The average molecular weight is 348 g/mol. The van der Waals surface area contributed by atoms with Crippen LogP contribution in [-0.2, 0) is 5.41 Å². The number of rotatable bonds is 5. The van der Waals surface area contributed by atoms with E-state index in [1.54, 1.807) is 7.11 Å². The van der Waals surface area contributed by atoms with Gasteiger partial charge in [-0.15, -0.1) is 0 Å². The molecule has 26 heavy (non-hydrogen) atoms. The summed E-state index contributed by atoms with van der Waals surface area (Å²) in [5.41, 5.74) is 3.21. The number of ether oxygens (including phenoxy) is 1. The molecule has 0 aliphatic carbocycles. The molecule has 0 spiro atoms. The minimum atomic E-state index is -0.194. The molecule has 0 fully saturated rings. The van der Waals surface area contributed by atoms with Gasteiger partial charge >= 0.3 is 0 Å². The molecule has 0 saturated heterocycles. The summed E-state index contributed by atoms with van der Waals surface area (Å²) in [4.78, 5) is 17.3. The Morgan fingerprint density at radius 3 is 2.50 bits per heavy atom. The Balaban J connectivity index is 1.76. The highest BCUT2D eigenvalue weighted by molar-refractivity contribution is 5.98. The molecule has 0 saturated carbocycles. The van der Waals surface area contributed by atoms with E-state index in [4.69, 9.17) is 4.74 Å². The zero-order chi connectivity index (χ0) is 18.7. The number of fused-ring (bicyclic) bond motifs is 1. The standard InChI is InChI=1S/C22H24N2O2/c1-15-19(13-16-7-5-6-8-20(16)24-15)21(25)23-14-22(2,3)17-9-11-18(26-4)12-10-17/h5-13H,14H2,1-4H3,(H,23,25). The number of aromatic nitrogens is 1. The number of nitrogens with one attached hydrogen (secondary N) is 1. The first-order valence-electron chi connectivity index (χ1n) is 8.70. The van der Waals surface area contributed by atoms with Crippen LogP contribution >= 0.6 is 0 Å². The molecule has 0 atom stereocenters. The number of para-hydroxylation sites is 1. The van der Waals surface area contributed by atoms with Gasteiger partial charge in [-0.05, 0) is 36.8 Å². The third kappa shape index (κ3) is 3.69. The van der Waals surface area contributed by atoms with Gasteiger partial charge in [0.2, 0.25) is 0 Å². The van der Waals surface area contributed by atoms with Crippen LogP contribution in [0.15, 0.2) is 54.6 Å². The number of hydrogen-bond acceptors (Lipinski definition) is 3. The molecule has 1 heterocycles. The van der Waals surface area contributed by atoms with Gasteiger partial charge in [-0.1, -0.05) is 44.2 Å². The first-order valence-corrected chi connectivity index (χ1v) is 8.70. The van der Waals surface area contributed by atoms with E-state index >= 15 is 0 Å². The Labute approximate surface area is 154 Å². The second kappa shape index (κ2) is 7.16. The van der Waals surface area contributed by atoms with Crippen LogP contribution in [0.1, 0.15) is 35.5 Å². The molecule has 0 unspecified atom stereocenters. The normalized spacial score (nSPS) is 11.4. The molecule has 1 aromatic heterocycles. The van der Waals surface area contributed by atoms with Gasteiger partial charge < -0.3 is 10.1 Å². The number of nitrogens with zero attached hydrogens (tertiary/aromatic N) is 1. The number of pyridine rings is 1. The zero-order valence-electron chi connectivity index (χ0n) is 15.7. The van der Waals surface area contributed by atoms with Crippen molar-refractivity contribution in [2.24, 2.45) is 0 Å². The molecular formula is C22H24N2O2. The number of benzene rings is 2. The molecule has 3 aromatic rings. The molecule has 3 rings (SSSR count). The van der Waals surface area contributed by atoms with Gasteiger partial charge in [-0.25, -0.2) is 0 Å². The van der Waals surface area contributed by atoms with Crippen LogP contribution in [0.4, 0.5) is 0 Å². The zero-order valence-corrected chi connectivity index (χ0v) is 15.7. The summed E-state index contributed by atoms with van der Waals surface area (Å²) in [6.45, 7) is 6.63. The summed E-state index contributed by atoms with van der Waals surface area (Å²) >= 11 is 0. The van der Waals surface area contributed by atoms with Crippen molar-refractivity contribution in [3.05, 3.63) is 71.4 Å². The fourth-order valence-corrected chi connectivity index (χ4v) is 2.98. The van der Waals surface area contributed by atoms with Crippen molar-refractivity contribution in [2.75, 3.05) is 13.7 Å². The predicted molar refractivity (Wildman–Crippen MR) is 105 cm³/mol. The maximum atomic E-state index is 12.7. The summed E-state index contributed by atoms with van der Waals surface area (Å²) in [5, 5.41) is 4.03. The summed E-state index contributed by atoms with van der Waals surface area (Å²) in [6.07, 6.45) is 0. The Morgan fingerprint density at radius 2 is 1.81 bits per heavy atom. The topological polar surface area (TPSA) is 51.2 Å². The van der Waals surface area contributed by atoms with Crippen molar-refractivity contribution in [1.29, 1.82) is 0 Å². The van der Waals surface area contributed by atoms with Crippen molar-refractivity contribution in [1.82, 2.24) is 10.3 Å². The van der Waals surface area contributed by atoms with Crippen molar-refractivity contribution in [3.63, 3.8) is 0 Å². The van der Waals surface area contributed by atoms with Crippen LogP contribution in [0, 0.1) is 6.92 Å². The minimum absolute atomic E-state index is 0.0951. The van der Waals surface area contributed by atoms with Crippen molar-refractivity contribution in [3.8, 4) is 5.75 Å². The number of carbonyl (C=O) groups is 1. The highest BCUT2D eigenvalue weighted by Crippen LogP contribution is 2.25. The molecule has 134 valence electrons. The molecule has 0 aliphatic heterocycles. The molecule has 0 radical (unpaired) electrons. The predicted octanol–water partition coefficient (Wildman–Crippen LogP) is 4.26. The van der Waals surface area contributed by atoms with E-state index in [2.05, 4.69) is 24.1 Å². The number of hydrogen-bond donors (Lipinski definition) is 1. The SMILES string of the molecule is COc1ccc(C(C)(C)CNC(=O)c2cc3ccccc3nc2C)cc1. The number of aryl methyl sites for hydroxylation is 1. The second-order valence-corrected chi connectivity index (χ2v) is 7.11. The van der Waals surface area contributed by atoms with Crippen molar-refractivity contribution in [2.45, 2.75) is 26.2 Å². The van der Waals surface area contributed by atoms with E-state index < -0.39 is 0 Å². The lowest BCUT2D eigenvalue weighted by Gasteiger charge is -2.26. The minimum Gasteiger partial charge on any atom is -0.497 e. The van der Waals surface area contributed by atoms with E-state index in [1.165, 1.54) is 0 Å². The molecular weight excluding hydrogens is 324 g/mol. The summed E-state index contributed by atoms with van der Waals surface area (Å²) in [5.74, 6) is 0.730. The van der Waals surface area contributed by atoms with Gasteiger partial charge in [0, 0.05) is 17.3 Å². The van der Waals surface area contributed by atoms with Gasteiger partial charge in [0.1, 0.15) is 5.75 Å². The smallest absolute Gasteiger partial charge is 0.253 e. The molecule has 1 N–H and O–H groups in total. The first kappa shape index (κ1) is 17.9. The van der Waals surface area contributed by atoms with Crippen LogP contribution < -0.4 is 10.1 Å². The maximum Gasteiger partial charge on any atom is 0.253 e. The van der Waals surface area contributed by atoms with Gasteiger partial charge in [0.15, 0.2) is 0 Å². The number of amides is 1. The lowest BCUT2D eigenvalue weighted by molar-refractivity contribution is 0.0945. The average Bonchev–Trinajstić information content (AvgIpc) is 2.65. The van der Waals surface area contributed by atoms with E-state index in [1.807, 2.05) is 61.5 Å². The largest absolute Gasteiger partial charge is 0.497 e. The lowest BCUT2D eigenvalue weighted by Crippen LogP contribution is -2.37. The van der Waals surface area contributed by atoms with E-state index in [-0.39, 0.29) is 11.3 Å². The summed E-state index contributed by atoms with van der Waals surface area (Å²) in [6, 6.07) is 17.7. The van der Waals surface area contributed by atoms with E-state index in [0.717, 1.165) is 27.9 Å². The van der Waals surface area contributed by atoms with E-state index in [0.29, 0.717) is 12.1 Å². The maximum absolute atomic E-state index is 12.7.